The van der Waals surface area contributed by atoms with Gasteiger partial charge in [0.1, 0.15) is 0 Å². The van der Waals surface area contributed by atoms with Crippen LogP contribution < -0.4 is 0 Å². The van der Waals surface area contributed by atoms with Crippen LogP contribution in [0.4, 0.5) is 0 Å². The minimum absolute atomic E-state index is 0.0790. The van der Waals surface area contributed by atoms with Gasteiger partial charge in [0.15, 0.2) is 0 Å². The van der Waals surface area contributed by atoms with E-state index in [0.717, 1.165) is 6.42 Å². The molecule has 0 aromatic rings. The van der Waals surface area contributed by atoms with Crippen molar-refractivity contribution in [2.45, 2.75) is 39.0 Å². The summed E-state index contributed by atoms with van der Waals surface area (Å²) in [4.78, 5) is 11.0. The molecule has 0 fully saturated rings. The van der Waals surface area contributed by atoms with Crippen molar-refractivity contribution in [1.82, 2.24) is 0 Å². The first-order valence-electron chi connectivity index (χ1n) is 4.36. The summed E-state index contributed by atoms with van der Waals surface area (Å²) < 4.78 is 4.95. The summed E-state index contributed by atoms with van der Waals surface area (Å²) in [5, 5.41) is -0.0790. The SMILES string of the molecule is CCC(Cl)CC(=O)OCC(C)C. The minimum Gasteiger partial charge on any atom is -0.465 e. The lowest BCUT2D eigenvalue weighted by Gasteiger charge is -2.08. The van der Waals surface area contributed by atoms with E-state index in [0.29, 0.717) is 18.9 Å². The van der Waals surface area contributed by atoms with Gasteiger partial charge >= 0.3 is 5.97 Å². The Labute approximate surface area is 79.2 Å². The Morgan fingerprint density at radius 1 is 1.50 bits per heavy atom. The molecule has 0 rings (SSSR count). The molecule has 2 nitrogen and oxygen atoms in total. The van der Waals surface area contributed by atoms with Gasteiger partial charge in [0, 0.05) is 5.38 Å². The topological polar surface area (TPSA) is 26.3 Å². The van der Waals surface area contributed by atoms with Crippen molar-refractivity contribution < 1.29 is 9.53 Å². The summed E-state index contributed by atoms with van der Waals surface area (Å²) in [6.07, 6.45) is 1.13. The molecule has 0 bridgehead atoms. The molecule has 0 aromatic carbocycles. The normalized spacial score (nSPS) is 13.1. The molecule has 0 radical (unpaired) electrons. The van der Waals surface area contributed by atoms with Crippen LogP contribution in [0, 0.1) is 5.92 Å². The molecule has 3 heteroatoms. The summed E-state index contributed by atoms with van der Waals surface area (Å²) in [7, 11) is 0. The first-order valence-corrected chi connectivity index (χ1v) is 4.79. The molecule has 0 saturated heterocycles. The van der Waals surface area contributed by atoms with Gasteiger partial charge in [0.05, 0.1) is 13.0 Å². The highest BCUT2D eigenvalue weighted by atomic mass is 35.5. The number of alkyl halides is 1. The van der Waals surface area contributed by atoms with Crippen LogP contribution in [-0.4, -0.2) is 18.0 Å². The molecule has 1 atom stereocenters. The molecule has 0 saturated carbocycles. The second kappa shape index (κ2) is 6.30. The highest BCUT2D eigenvalue weighted by Gasteiger charge is 2.10. The summed E-state index contributed by atoms with van der Waals surface area (Å²) in [6.45, 7) is 6.45. The summed E-state index contributed by atoms with van der Waals surface area (Å²) in [6, 6.07) is 0. The molecule has 0 aliphatic rings. The van der Waals surface area contributed by atoms with Crippen LogP contribution in [0.3, 0.4) is 0 Å². The van der Waals surface area contributed by atoms with Gasteiger partial charge in [-0.1, -0.05) is 20.8 Å². The predicted molar refractivity (Wildman–Crippen MR) is 50.3 cm³/mol. The van der Waals surface area contributed by atoms with Crippen molar-refractivity contribution in [3.05, 3.63) is 0 Å². The van der Waals surface area contributed by atoms with E-state index < -0.39 is 0 Å². The molecule has 12 heavy (non-hydrogen) atoms. The third kappa shape index (κ3) is 6.47. The third-order valence-electron chi connectivity index (χ3n) is 1.41. The zero-order chi connectivity index (χ0) is 9.56. The highest BCUT2D eigenvalue weighted by molar-refractivity contribution is 6.21. The number of hydrogen-bond acceptors (Lipinski definition) is 2. The monoisotopic (exact) mass is 192 g/mol. The van der Waals surface area contributed by atoms with Crippen molar-refractivity contribution in [1.29, 1.82) is 0 Å². The van der Waals surface area contributed by atoms with Gasteiger partial charge in [0.25, 0.3) is 0 Å². The number of halogens is 1. The first-order chi connectivity index (χ1) is 5.56. The number of carbonyl (C=O) groups is 1. The number of rotatable bonds is 5. The summed E-state index contributed by atoms with van der Waals surface area (Å²) >= 11 is 5.77. The van der Waals surface area contributed by atoms with Gasteiger partial charge in [0.2, 0.25) is 0 Å². The third-order valence-corrected chi connectivity index (χ3v) is 1.87. The van der Waals surface area contributed by atoms with Gasteiger partial charge in [-0.3, -0.25) is 4.79 Å². The minimum atomic E-state index is -0.189. The van der Waals surface area contributed by atoms with Crippen LogP contribution in [0.5, 0.6) is 0 Å². The predicted octanol–water partition coefficient (Wildman–Crippen LogP) is 2.59. The lowest BCUT2D eigenvalue weighted by Crippen LogP contribution is -2.13. The zero-order valence-electron chi connectivity index (χ0n) is 7.97. The molecule has 0 aliphatic heterocycles. The second-order valence-corrected chi connectivity index (χ2v) is 3.90. The molecule has 0 spiro atoms. The molecule has 0 aliphatic carbocycles. The van der Waals surface area contributed by atoms with E-state index in [1.165, 1.54) is 0 Å². The average Bonchev–Trinajstić information content (AvgIpc) is 2.00. The Morgan fingerprint density at radius 2 is 2.08 bits per heavy atom. The van der Waals surface area contributed by atoms with Gasteiger partial charge in [-0.25, -0.2) is 0 Å². The zero-order valence-corrected chi connectivity index (χ0v) is 8.73. The van der Waals surface area contributed by atoms with E-state index >= 15 is 0 Å². The quantitative estimate of drug-likeness (QED) is 0.495. The Morgan fingerprint density at radius 3 is 2.50 bits per heavy atom. The van der Waals surface area contributed by atoms with Crippen LogP contribution in [-0.2, 0) is 9.53 Å². The van der Waals surface area contributed by atoms with Gasteiger partial charge in [-0.2, -0.15) is 0 Å². The maximum absolute atomic E-state index is 11.0. The number of hydrogen-bond donors (Lipinski definition) is 0. The Kier molecular flexibility index (Phi) is 6.17. The lowest BCUT2D eigenvalue weighted by molar-refractivity contribution is -0.144. The van der Waals surface area contributed by atoms with Crippen molar-refractivity contribution in [2.75, 3.05) is 6.61 Å². The highest BCUT2D eigenvalue weighted by Crippen LogP contribution is 2.07. The molecule has 0 amide bonds. The Bertz CT molecular complexity index is 134. The molecule has 72 valence electrons. The van der Waals surface area contributed by atoms with E-state index in [1.807, 2.05) is 20.8 Å². The van der Waals surface area contributed by atoms with Crippen LogP contribution >= 0.6 is 11.6 Å². The maximum Gasteiger partial charge on any atom is 0.307 e. The molecule has 0 heterocycles. The molecule has 0 aromatic heterocycles. The molecule has 0 N–H and O–H groups in total. The number of esters is 1. The van der Waals surface area contributed by atoms with E-state index in [9.17, 15) is 4.79 Å². The van der Waals surface area contributed by atoms with Gasteiger partial charge < -0.3 is 4.74 Å². The van der Waals surface area contributed by atoms with E-state index in [2.05, 4.69) is 0 Å². The fourth-order valence-electron chi connectivity index (χ4n) is 0.644. The Hall–Kier alpha value is -0.240. The van der Waals surface area contributed by atoms with Crippen LogP contribution in [0.25, 0.3) is 0 Å². The fraction of sp³-hybridized carbons (Fsp3) is 0.889. The van der Waals surface area contributed by atoms with Crippen molar-refractivity contribution in [2.24, 2.45) is 5.92 Å². The van der Waals surface area contributed by atoms with E-state index in [-0.39, 0.29) is 11.3 Å². The standard InChI is InChI=1S/C9H17ClO2/c1-4-8(10)5-9(11)12-6-7(2)3/h7-8H,4-6H2,1-3H3. The average molecular weight is 193 g/mol. The van der Waals surface area contributed by atoms with Crippen LogP contribution in [0.2, 0.25) is 0 Å². The number of ether oxygens (including phenoxy) is 1. The van der Waals surface area contributed by atoms with Gasteiger partial charge in [-0.05, 0) is 12.3 Å². The molecular formula is C9H17ClO2. The second-order valence-electron chi connectivity index (χ2n) is 3.29. The van der Waals surface area contributed by atoms with E-state index in [1.54, 1.807) is 0 Å². The molecule has 1 unspecified atom stereocenters. The summed E-state index contributed by atoms with van der Waals surface area (Å²) in [5.41, 5.74) is 0. The number of carbonyl (C=O) groups excluding carboxylic acids is 1. The lowest BCUT2D eigenvalue weighted by atomic mass is 10.2. The Balaban J connectivity index is 3.46. The van der Waals surface area contributed by atoms with Crippen LogP contribution in [0.1, 0.15) is 33.6 Å². The van der Waals surface area contributed by atoms with E-state index in [4.69, 9.17) is 16.3 Å². The fourth-order valence-corrected chi connectivity index (χ4v) is 0.770. The maximum atomic E-state index is 11.0. The smallest absolute Gasteiger partial charge is 0.307 e. The first kappa shape index (κ1) is 11.8. The molecular weight excluding hydrogens is 176 g/mol. The van der Waals surface area contributed by atoms with Gasteiger partial charge in [-0.15, -0.1) is 11.6 Å². The largest absolute Gasteiger partial charge is 0.465 e. The van der Waals surface area contributed by atoms with Crippen molar-refractivity contribution in [3.8, 4) is 0 Å². The summed E-state index contributed by atoms with van der Waals surface area (Å²) in [5.74, 6) is 0.204. The van der Waals surface area contributed by atoms with Crippen LogP contribution in [0.15, 0.2) is 0 Å². The van der Waals surface area contributed by atoms with Crippen molar-refractivity contribution >= 4 is 17.6 Å². The van der Waals surface area contributed by atoms with Crippen molar-refractivity contribution in [3.63, 3.8) is 0 Å².